The number of hydrogen-bond donors (Lipinski definition) is 1. The fourth-order valence-corrected chi connectivity index (χ4v) is 1.10. The Morgan fingerprint density at radius 3 is 2.87 bits per heavy atom. The van der Waals surface area contributed by atoms with Crippen LogP contribution in [-0.2, 0) is 14.3 Å². The molecule has 0 aromatic carbocycles. The number of carbonyl (C=O) groups excluding carboxylic acids is 2. The summed E-state index contributed by atoms with van der Waals surface area (Å²) >= 11 is 0. The molecule has 0 saturated carbocycles. The van der Waals surface area contributed by atoms with Crippen molar-refractivity contribution < 1.29 is 23.8 Å². The van der Waals surface area contributed by atoms with Crippen molar-refractivity contribution in [2.75, 3.05) is 7.11 Å². The molecule has 0 amide bonds. The number of rotatable bonds is 5. The summed E-state index contributed by atoms with van der Waals surface area (Å²) in [5.41, 5.74) is 0.521. The molecule has 82 valence electrons. The third-order valence-electron chi connectivity index (χ3n) is 1.92. The van der Waals surface area contributed by atoms with Gasteiger partial charge in [-0.15, -0.1) is 0 Å². The maximum Gasteiger partial charge on any atom is 0.313 e. The monoisotopic (exact) mass is 212 g/mol. The number of esters is 1. The van der Waals surface area contributed by atoms with E-state index in [1.54, 1.807) is 6.07 Å². The van der Waals surface area contributed by atoms with Crippen molar-refractivity contribution in [1.29, 1.82) is 0 Å². The van der Waals surface area contributed by atoms with Crippen LogP contribution in [0.1, 0.15) is 24.5 Å². The average molecular weight is 212 g/mol. The normalized spacial score (nSPS) is 12.1. The highest BCUT2D eigenvalue weighted by atomic mass is 16.5. The first-order valence-electron chi connectivity index (χ1n) is 4.42. The fraction of sp³-hybridized carbons (Fsp3) is 0.400. The van der Waals surface area contributed by atoms with Crippen molar-refractivity contribution >= 4 is 11.8 Å². The Hall–Kier alpha value is -1.62. The van der Waals surface area contributed by atoms with Crippen molar-refractivity contribution in [2.24, 2.45) is 0 Å². The van der Waals surface area contributed by atoms with E-state index in [1.807, 2.05) is 0 Å². The van der Waals surface area contributed by atoms with Crippen LogP contribution in [0, 0.1) is 0 Å². The lowest BCUT2D eigenvalue weighted by atomic mass is 10.1. The highest BCUT2D eigenvalue weighted by Crippen LogP contribution is 2.17. The molecule has 0 saturated heterocycles. The number of methoxy groups -OCH3 is 1. The second-order valence-electron chi connectivity index (χ2n) is 3.07. The number of carbonyl (C=O) groups is 2. The van der Waals surface area contributed by atoms with E-state index in [-0.39, 0.29) is 18.6 Å². The molecule has 1 aromatic rings. The zero-order chi connectivity index (χ0) is 11.3. The number of ketones is 1. The molecular formula is C10H12O5. The lowest BCUT2D eigenvalue weighted by Gasteiger charge is -2.06. The summed E-state index contributed by atoms with van der Waals surface area (Å²) in [4.78, 5) is 22.0. The molecule has 0 aliphatic rings. The van der Waals surface area contributed by atoms with E-state index >= 15 is 0 Å². The Kier molecular flexibility index (Phi) is 4.05. The van der Waals surface area contributed by atoms with Gasteiger partial charge in [0.05, 0.1) is 25.7 Å². The third kappa shape index (κ3) is 3.55. The fourth-order valence-electron chi connectivity index (χ4n) is 1.10. The number of ether oxygens (including phenoxy) is 1. The van der Waals surface area contributed by atoms with Gasteiger partial charge >= 0.3 is 5.97 Å². The molecule has 5 heteroatoms. The van der Waals surface area contributed by atoms with Gasteiger partial charge < -0.3 is 14.3 Å². The van der Waals surface area contributed by atoms with E-state index in [9.17, 15) is 14.7 Å². The summed E-state index contributed by atoms with van der Waals surface area (Å²) in [6, 6.07) is 1.57. The van der Waals surface area contributed by atoms with Gasteiger partial charge in [-0.25, -0.2) is 0 Å². The van der Waals surface area contributed by atoms with E-state index in [4.69, 9.17) is 4.42 Å². The Morgan fingerprint density at radius 1 is 1.60 bits per heavy atom. The zero-order valence-corrected chi connectivity index (χ0v) is 8.30. The largest absolute Gasteiger partial charge is 0.472 e. The smallest absolute Gasteiger partial charge is 0.313 e. The number of hydrogen-bond acceptors (Lipinski definition) is 5. The van der Waals surface area contributed by atoms with E-state index < -0.39 is 12.1 Å². The number of aliphatic hydroxyl groups excluding tert-OH is 1. The molecule has 1 aromatic heterocycles. The summed E-state index contributed by atoms with van der Waals surface area (Å²) in [7, 11) is 1.21. The van der Waals surface area contributed by atoms with Crippen molar-refractivity contribution in [2.45, 2.75) is 18.9 Å². The molecule has 0 unspecified atom stereocenters. The van der Waals surface area contributed by atoms with Gasteiger partial charge in [0, 0.05) is 12.0 Å². The molecule has 0 radical (unpaired) electrons. The van der Waals surface area contributed by atoms with Gasteiger partial charge in [0.15, 0.2) is 0 Å². The van der Waals surface area contributed by atoms with Gasteiger partial charge in [-0.05, 0) is 6.07 Å². The van der Waals surface area contributed by atoms with E-state index in [0.717, 1.165) is 0 Å². The first-order chi connectivity index (χ1) is 7.13. The van der Waals surface area contributed by atoms with Crippen LogP contribution in [-0.4, -0.2) is 24.0 Å². The van der Waals surface area contributed by atoms with Crippen LogP contribution in [0.15, 0.2) is 23.0 Å². The minimum atomic E-state index is -0.930. The van der Waals surface area contributed by atoms with Crippen LogP contribution in [0.5, 0.6) is 0 Å². The van der Waals surface area contributed by atoms with Gasteiger partial charge in [0.25, 0.3) is 0 Å². The van der Waals surface area contributed by atoms with Crippen LogP contribution < -0.4 is 0 Å². The van der Waals surface area contributed by atoms with Gasteiger partial charge in [0.2, 0.25) is 0 Å². The van der Waals surface area contributed by atoms with E-state index in [0.29, 0.717) is 5.56 Å². The van der Waals surface area contributed by atoms with Crippen LogP contribution in [0.4, 0.5) is 0 Å². The Labute approximate surface area is 86.6 Å². The van der Waals surface area contributed by atoms with Crippen molar-refractivity contribution in [1.82, 2.24) is 0 Å². The SMILES string of the molecule is COC(=O)CC(=O)C[C@H](O)c1ccoc1. The van der Waals surface area contributed by atoms with Crippen molar-refractivity contribution in [3.05, 3.63) is 24.2 Å². The summed E-state index contributed by atoms with van der Waals surface area (Å²) < 4.78 is 9.09. The lowest BCUT2D eigenvalue weighted by Crippen LogP contribution is -2.12. The predicted molar refractivity (Wildman–Crippen MR) is 49.9 cm³/mol. The molecule has 0 aliphatic heterocycles. The lowest BCUT2D eigenvalue weighted by molar-refractivity contribution is -0.143. The van der Waals surface area contributed by atoms with Crippen LogP contribution in [0.3, 0.4) is 0 Å². The third-order valence-corrected chi connectivity index (χ3v) is 1.92. The van der Waals surface area contributed by atoms with E-state index in [1.165, 1.54) is 19.6 Å². The molecule has 1 atom stereocenters. The summed E-state index contributed by atoms with van der Waals surface area (Å²) in [6.07, 6.45) is 1.40. The molecule has 1 rings (SSSR count). The topological polar surface area (TPSA) is 76.7 Å². The summed E-state index contributed by atoms with van der Waals surface area (Å²) in [5.74, 6) is -0.963. The molecule has 0 spiro atoms. The number of aliphatic hydroxyl groups is 1. The van der Waals surface area contributed by atoms with E-state index in [2.05, 4.69) is 4.74 Å². The Bertz CT molecular complexity index is 328. The molecular weight excluding hydrogens is 200 g/mol. The summed E-state index contributed by atoms with van der Waals surface area (Å²) in [6.45, 7) is 0. The number of Topliss-reactive ketones (excluding diaryl/α,β-unsaturated/α-hetero) is 1. The Balaban J connectivity index is 2.42. The second kappa shape index (κ2) is 5.31. The molecule has 0 aliphatic carbocycles. The number of furan rings is 1. The quantitative estimate of drug-likeness (QED) is 0.578. The van der Waals surface area contributed by atoms with Gasteiger partial charge in [-0.3, -0.25) is 9.59 Å². The maximum absolute atomic E-state index is 11.2. The zero-order valence-electron chi connectivity index (χ0n) is 8.30. The average Bonchev–Trinajstić information content (AvgIpc) is 2.70. The van der Waals surface area contributed by atoms with Crippen LogP contribution >= 0.6 is 0 Å². The maximum atomic E-state index is 11.2. The van der Waals surface area contributed by atoms with Gasteiger partial charge in [-0.2, -0.15) is 0 Å². The van der Waals surface area contributed by atoms with Gasteiger partial charge in [-0.1, -0.05) is 0 Å². The van der Waals surface area contributed by atoms with Crippen LogP contribution in [0.25, 0.3) is 0 Å². The molecule has 0 fully saturated rings. The second-order valence-corrected chi connectivity index (χ2v) is 3.07. The van der Waals surface area contributed by atoms with Crippen molar-refractivity contribution in [3.63, 3.8) is 0 Å². The van der Waals surface area contributed by atoms with Gasteiger partial charge in [0.1, 0.15) is 12.2 Å². The van der Waals surface area contributed by atoms with Crippen molar-refractivity contribution in [3.8, 4) is 0 Å². The molecule has 5 nitrogen and oxygen atoms in total. The molecule has 1 N–H and O–H groups in total. The Morgan fingerprint density at radius 2 is 2.33 bits per heavy atom. The predicted octanol–water partition coefficient (Wildman–Crippen LogP) is 0.835. The standard InChI is InChI=1S/C10H12O5/c1-14-10(13)5-8(11)4-9(12)7-2-3-15-6-7/h2-3,6,9,12H,4-5H2,1H3/t9-/m0/s1. The molecule has 0 bridgehead atoms. The molecule has 15 heavy (non-hydrogen) atoms. The first kappa shape index (κ1) is 11.5. The van der Waals surface area contributed by atoms with Crippen LogP contribution in [0.2, 0.25) is 0 Å². The molecule has 1 heterocycles. The minimum absolute atomic E-state index is 0.116. The summed E-state index contributed by atoms with van der Waals surface area (Å²) in [5, 5.41) is 9.53. The first-order valence-corrected chi connectivity index (χ1v) is 4.42. The minimum Gasteiger partial charge on any atom is -0.472 e. The highest BCUT2D eigenvalue weighted by Gasteiger charge is 2.16. The highest BCUT2D eigenvalue weighted by molar-refractivity contribution is 5.95.